The van der Waals surface area contributed by atoms with Crippen molar-refractivity contribution in [3.05, 3.63) is 47.5 Å². The first kappa shape index (κ1) is 23.4. The number of piperidine rings is 1. The van der Waals surface area contributed by atoms with Gasteiger partial charge in [-0.2, -0.15) is 0 Å². The SMILES string of the molecule is C[C@@H]1CC[C@@H](c2ccc3sc(CCN(C)C)nc3c2)N(C(=O)C(=O)Nc2cncc3[nH]cnc23)C1. The van der Waals surface area contributed by atoms with Gasteiger partial charge in [0.15, 0.2) is 0 Å². The second kappa shape index (κ2) is 9.71. The summed E-state index contributed by atoms with van der Waals surface area (Å²) in [6.45, 7) is 3.60. The van der Waals surface area contributed by atoms with Crippen LogP contribution in [0.15, 0.2) is 36.9 Å². The fraction of sp³-hybridized carbons (Fsp3) is 0.400. The van der Waals surface area contributed by atoms with Gasteiger partial charge in [0.1, 0.15) is 5.52 Å². The van der Waals surface area contributed by atoms with Gasteiger partial charge in [-0.1, -0.05) is 13.0 Å². The smallest absolute Gasteiger partial charge is 0.314 e. The van der Waals surface area contributed by atoms with E-state index in [1.54, 1.807) is 22.4 Å². The van der Waals surface area contributed by atoms with Crippen molar-refractivity contribution in [1.29, 1.82) is 0 Å². The molecule has 2 atom stereocenters. The van der Waals surface area contributed by atoms with E-state index in [0.29, 0.717) is 29.2 Å². The molecule has 1 aliphatic heterocycles. The topological polar surface area (TPSA) is 107 Å². The van der Waals surface area contributed by atoms with Gasteiger partial charge in [0.2, 0.25) is 0 Å². The second-order valence-corrected chi connectivity index (χ2v) is 10.6. The van der Waals surface area contributed by atoms with Gasteiger partial charge in [-0.3, -0.25) is 14.6 Å². The van der Waals surface area contributed by atoms with Crippen LogP contribution in [0, 0.1) is 5.92 Å². The number of amides is 2. The number of carbonyl (C=O) groups is 2. The fourth-order valence-corrected chi connectivity index (χ4v) is 5.55. The number of carbonyl (C=O) groups excluding carboxylic acids is 2. The van der Waals surface area contributed by atoms with Crippen molar-refractivity contribution in [2.75, 3.05) is 32.5 Å². The maximum Gasteiger partial charge on any atom is 0.314 e. The number of nitrogens with one attached hydrogen (secondary N) is 2. The summed E-state index contributed by atoms with van der Waals surface area (Å²) in [6, 6.07) is 6.08. The third-order valence-electron chi connectivity index (χ3n) is 6.47. The number of benzene rings is 1. The lowest BCUT2D eigenvalue weighted by Crippen LogP contribution is -2.46. The number of likely N-dealkylation sites (N-methyl/N-ethyl adjacent to an activating group) is 1. The minimum atomic E-state index is -0.679. The molecule has 0 radical (unpaired) electrons. The van der Waals surface area contributed by atoms with Crippen LogP contribution in [0.3, 0.4) is 0 Å². The summed E-state index contributed by atoms with van der Waals surface area (Å²) in [5.74, 6) is -0.902. The summed E-state index contributed by atoms with van der Waals surface area (Å²) in [7, 11) is 4.12. The highest BCUT2D eigenvalue weighted by Gasteiger charge is 2.34. The van der Waals surface area contributed by atoms with Crippen molar-refractivity contribution in [2.45, 2.75) is 32.2 Å². The zero-order valence-electron chi connectivity index (χ0n) is 20.1. The Morgan fingerprint density at radius 3 is 2.94 bits per heavy atom. The fourth-order valence-electron chi connectivity index (χ4n) is 4.61. The average molecular weight is 492 g/mol. The predicted molar refractivity (Wildman–Crippen MR) is 137 cm³/mol. The van der Waals surface area contributed by atoms with Crippen LogP contribution in [0.2, 0.25) is 0 Å². The normalized spacial score (nSPS) is 18.5. The molecule has 35 heavy (non-hydrogen) atoms. The molecule has 0 spiro atoms. The van der Waals surface area contributed by atoms with E-state index < -0.39 is 11.8 Å². The van der Waals surface area contributed by atoms with Gasteiger partial charge in [0.05, 0.1) is 51.2 Å². The molecule has 0 bridgehead atoms. The molecule has 1 fully saturated rings. The van der Waals surface area contributed by atoms with E-state index in [0.717, 1.165) is 46.6 Å². The standard InChI is InChI=1S/C25H29N7O2S/c1-15-4-6-20(16-5-7-21-17(10-16)29-22(35-21)8-9-31(2)3)32(13-15)25(34)24(33)30-19-12-26-11-18-23(19)28-14-27-18/h5,7,10-12,14-15,20H,4,6,8-9,13H2,1-3H3,(H,27,28)(H,30,33)/t15-,20+/m1/s1. The van der Waals surface area contributed by atoms with Crippen molar-refractivity contribution >= 4 is 50.1 Å². The summed E-state index contributed by atoms with van der Waals surface area (Å²) >= 11 is 1.71. The van der Waals surface area contributed by atoms with Gasteiger partial charge in [0.25, 0.3) is 0 Å². The minimum absolute atomic E-state index is 0.167. The molecule has 10 heteroatoms. The lowest BCUT2D eigenvalue weighted by atomic mass is 9.89. The molecule has 5 rings (SSSR count). The maximum absolute atomic E-state index is 13.4. The number of nitrogens with zero attached hydrogens (tertiary/aromatic N) is 5. The zero-order valence-corrected chi connectivity index (χ0v) is 20.9. The Labute approximate surface area is 207 Å². The van der Waals surface area contributed by atoms with Gasteiger partial charge >= 0.3 is 11.8 Å². The second-order valence-electron chi connectivity index (χ2n) is 9.48. The highest BCUT2D eigenvalue weighted by atomic mass is 32.1. The Balaban J connectivity index is 1.38. The van der Waals surface area contributed by atoms with E-state index in [1.807, 2.05) is 0 Å². The van der Waals surface area contributed by atoms with Crippen LogP contribution < -0.4 is 5.32 Å². The summed E-state index contributed by atoms with van der Waals surface area (Å²) in [5, 5.41) is 3.83. The highest BCUT2D eigenvalue weighted by Crippen LogP contribution is 2.35. The molecule has 182 valence electrons. The molecule has 4 aromatic rings. The van der Waals surface area contributed by atoms with Gasteiger partial charge in [-0.25, -0.2) is 9.97 Å². The van der Waals surface area contributed by atoms with Crippen molar-refractivity contribution in [1.82, 2.24) is 29.7 Å². The molecule has 9 nitrogen and oxygen atoms in total. The third kappa shape index (κ3) is 4.89. The van der Waals surface area contributed by atoms with Gasteiger partial charge in [-0.05, 0) is 50.6 Å². The summed E-state index contributed by atoms with van der Waals surface area (Å²) in [4.78, 5) is 46.4. The molecule has 2 amide bonds. The number of anilines is 1. The first-order valence-electron chi connectivity index (χ1n) is 11.8. The number of H-pyrrole nitrogens is 1. The average Bonchev–Trinajstić information content (AvgIpc) is 3.49. The number of thiazole rings is 1. The first-order valence-corrected chi connectivity index (χ1v) is 12.6. The van der Waals surface area contributed by atoms with Crippen molar-refractivity contribution in [2.24, 2.45) is 5.92 Å². The van der Waals surface area contributed by atoms with E-state index in [1.165, 1.54) is 12.5 Å². The Hall–Kier alpha value is -3.37. The van der Waals surface area contributed by atoms with E-state index in [2.05, 4.69) is 64.4 Å². The van der Waals surface area contributed by atoms with E-state index in [4.69, 9.17) is 4.98 Å². The number of hydrogen-bond acceptors (Lipinski definition) is 7. The Morgan fingerprint density at radius 2 is 2.11 bits per heavy atom. The lowest BCUT2D eigenvalue weighted by Gasteiger charge is -2.38. The minimum Gasteiger partial charge on any atom is -0.343 e. The molecule has 4 heterocycles. The number of rotatable bonds is 5. The van der Waals surface area contributed by atoms with Gasteiger partial charge < -0.3 is 20.1 Å². The molecule has 0 aliphatic carbocycles. The third-order valence-corrected chi connectivity index (χ3v) is 7.56. The monoisotopic (exact) mass is 491 g/mol. The van der Waals surface area contributed by atoms with Crippen LogP contribution in [-0.2, 0) is 16.0 Å². The Morgan fingerprint density at radius 1 is 1.26 bits per heavy atom. The molecule has 2 N–H and O–H groups in total. The van der Waals surface area contributed by atoms with Crippen LogP contribution in [0.25, 0.3) is 21.3 Å². The largest absolute Gasteiger partial charge is 0.343 e. The molecule has 1 aromatic carbocycles. The predicted octanol–water partition coefficient (Wildman–Crippen LogP) is 3.61. The molecule has 1 aliphatic rings. The van der Waals surface area contributed by atoms with Crippen LogP contribution in [0.4, 0.5) is 5.69 Å². The number of hydrogen-bond donors (Lipinski definition) is 2. The number of aromatic nitrogens is 4. The number of fused-ring (bicyclic) bond motifs is 2. The maximum atomic E-state index is 13.4. The van der Waals surface area contributed by atoms with Crippen LogP contribution in [-0.4, -0.2) is 68.7 Å². The van der Waals surface area contributed by atoms with E-state index in [-0.39, 0.29) is 6.04 Å². The van der Waals surface area contributed by atoms with Crippen molar-refractivity contribution in [3.8, 4) is 0 Å². The molecule has 1 saturated heterocycles. The molecular weight excluding hydrogens is 462 g/mol. The Kier molecular flexibility index (Phi) is 6.48. The first-order chi connectivity index (χ1) is 16.9. The zero-order chi connectivity index (χ0) is 24.5. The summed E-state index contributed by atoms with van der Waals surface area (Å²) < 4.78 is 1.14. The highest BCUT2D eigenvalue weighted by molar-refractivity contribution is 7.18. The van der Waals surface area contributed by atoms with E-state index in [9.17, 15) is 9.59 Å². The van der Waals surface area contributed by atoms with Crippen LogP contribution >= 0.6 is 11.3 Å². The number of likely N-dealkylation sites (tertiary alicyclic amines) is 1. The lowest BCUT2D eigenvalue weighted by molar-refractivity contribution is -0.146. The summed E-state index contributed by atoms with van der Waals surface area (Å²) in [6.07, 6.45) is 7.38. The molecule has 0 saturated carbocycles. The van der Waals surface area contributed by atoms with Crippen molar-refractivity contribution in [3.63, 3.8) is 0 Å². The molecule has 3 aromatic heterocycles. The Bertz CT molecular complexity index is 1380. The quantitative estimate of drug-likeness (QED) is 0.413. The van der Waals surface area contributed by atoms with Crippen LogP contribution in [0.1, 0.15) is 36.4 Å². The van der Waals surface area contributed by atoms with Gasteiger partial charge in [-0.15, -0.1) is 11.3 Å². The van der Waals surface area contributed by atoms with E-state index >= 15 is 0 Å². The number of aromatic amines is 1. The number of imidazole rings is 1. The number of pyridine rings is 1. The van der Waals surface area contributed by atoms with Gasteiger partial charge in [0, 0.05) is 19.5 Å². The van der Waals surface area contributed by atoms with Crippen molar-refractivity contribution < 1.29 is 9.59 Å². The summed E-state index contributed by atoms with van der Waals surface area (Å²) in [5.41, 5.74) is 3.65. The van der Waals surface area contributed by atoms with Crippen LogP contribution in [0.5, 0.6) is 0 Å². The molecule has 0 unspecified atom stereocenters. The molecular formula is C25H29N7O2S.